The molecule has 10 heteroatoms. The van der Waals surface area contributed by atoms with Crippen molar-refractivity contribution in [1.29, 1.82) is 0 Å². The number of nitrogens with zero attached hydrogens (tertiary/aromatic N) is 2. The molecule has 1 aromatic carbocycles. The van der Waals surface area contributed by atoms with Gasteiger partial charge in [-0.15, -0.1) is 0 Å². The fourth-order valence-electron chi connectivity index (χ4n) is 2.85. The molecular formula is C17H15F2N3O4S. The van der Waals surface area contributed by atoms with Crippen LogP contribution in [0, 0.1) is 0 Å². The van der Waals surface area contributed by atoms with Crippen LogP contribution in [0.2, 0.25) is 0 Å². The van der Waals surface area contributed by atoms with Crippen LogP contribution in [0.3, 0.4) is 0 Å². The van der Waals surface area contributed by atoms with Gasteiger partial charge in [-0.2, -0.15) is 0 Å². The van der Waals surface area contributed by atoms with Gasteiger partial charge in [-0.1, -0.05) is 0 Å². The summed E-state index contributed by atoms with van der Waals surface area (Å²) in [7, 11) is -3.45. The number of fused-ring (bicyclic) bond motifs is 1. The Kier molecular flexibility index (Phi) is 4.23. The van der Waals surface area contributed by atoms with Crippen LogP contribution in [-0.2, 0) is 9.84 Å². The SMILES string of the molecule is CS(=O)(=O)c1ccc(N2NC(C(F)F)C=C2c2ccc3c(c2)OCO3)cn1. The van der Waals surface area contributed by atoms with Gasteiger partial charge in [-0.25, -0.2) is 27.6 Å². The van der Waals surface area contributed by atoms with Crippen LogP contribution in [0.25, 0.3) is 5.70 Å². The molecule has 0 radical (unpaired) electrons. The number of benzene rings is 1. The first-order chi connectivity index (χ1) is 12.8. The minimum absolute atomic E-state index is 0.0931. The number of rotatable bonds is 4. The molecule has 0 aliphatic carbocycles. The quantitative estimate of drug-likeness (QED) is 0.850. The van der Waals surface area contributed by atoms with E-state index in [1.807, 2.05) is 0 Å². The molecule has 2 aliphatic rings. The molecular weight excluding hydrogens is 380 g/mol. The van der Waals surface area contributed by atoms with Gasteiger partial charge in [0, 0.05) is 11.8 Å². The van der Waals surface area contributed by atoms with Gasteiger partial charge in [0.15, 0.2) is 26.4 Å². The van der Waals surface area contributed by atoms with E-state index in [0.717, 1.165) is 6.26 Å². The van der Waals surface area contributed by atoms with E-state index in [1.165, 1.54) is 29.4 Å². The minimum atomic E-state index is -3.45. The van der Waals surface area contributed by atoms with Crippen LogP contribution < -0.4 is 19.9 Å². The summed E-state index contributed by atoms with van der Waals surface area (Å²) in [5.74, 6) is 1.11. The summed E-state index contributed by atoms with van der Waals surface area (Å²) in [6, 6.07) is 6.79. The third-order valence-electron chi connectivity index (χ3n) is 4.16. The largest absolute Gasteiger partial charge is 0.454 e. The molecule has 27 heavy (non-hydrogen) atoms. The molecule has 2 aromatic rings. The lowest BCUT2D eigenvalue weighted by Crippen LogP contribution is -2.40. The minimum Gasteiger partial charge on any atom is -0.454 e. The van der Waals surface area contributed by atoms with Gasteiger partial charge < -0.3 is 9.47 Å². The summed E-state index contributed by atoms with van der Waals surface area (Å²) < 4.78 is 60.3. The fraction of sp³-hybridized carbons (Fsp3) is 0.235. The smallest absolute Gasteiger partial charge is 0.259 e. The Hall–Kier alpha value is -2.72. The van der Waals surface area contributed by atoms with Crippen LogP contribution in [0.5, 0.6) is 11.5 Å². The van der Waals surface area contributed by atoms with Crippen molar-refractivity contribution in [2.75, 3.05) is 18.1 Å². The Balaban J connectivity index is 1.72. The number of alkyl halides is 2. The Morgan fingerprint density at radius 1 is 1.22 bits per heavy atom. The van der Waals surface area contributed by atoms with Crippen molar-refractivity contribution < 1.29 is 26.7 Å². The number of hydrazine groups is 1. The van der Waals surface area contributed by atoms with Crippen molar-refractivity contribution in [3.8, 4) is 11.5 Å². The summed E-state index contributed by atoms with van der Waals surface area (Å²) in [4.78, 5) is 3.92. The van der Waals surface area contributed by atoms with Crippen molar-refractivity contribution >= 4 is 21.2 Å². The Bertz CT molecular complexity index is 1010. The Labute approximate surface area is 154 Å². The monoisotopic (exact) mass is 395 g/mol. The third-order valence-corrected chi connectivity index (χ3v) is 5.16. The van der Waals surface area contributed by atoms with Gasteiger partial charge >= 0.3 is 0 Å². The highest BCUT2D eigenvalue weighted by Gasteiger charge is 2.31. The van der Waals surface area contributed by atoms with Crippen molar-refractivity contribution in [2.24, 2.45) is 0 Å². The maximum Gasteiger partial charge on any atom is 0.259 e. The van der Waals surface area contributed by atoms with Gasteiger partial charge in [0.05, 0.1) is 17.6 Å². The molecule has 2 aliphatic heterocycles. The predicted molar refractivity (Wildman–Crippen MR) is 93.3 cm³/mol. The van der Waals surface area contributed by atoms with Crippen LogP contribution in [0.4, 0.5) is 14.5 Å². The lowest BCUT2D eigenvalue weighted by molar-refractivity contribution is 0.121. The van der Waals surface area contributed by atoms with Crippen LogP contribution >= 0.6 is 0 Å². The second-order valence-electron chi connectivity index (χ2n) is 6.07. The fourth-order valence-corrected chi connectivity index (χ4v) is 3.41. The number of anilines is 1. The number of hydrogen-bond donors (Lipinski definition) is 1. The van der Waals surface area contributed by atoms with Gasteiger partial charge in [0.1, 0.15) is 6.04 Å². The average molecular weight is 395 g/mol. The highest BCUT2D eigenvalue weighted by atomic mass is 32.2. The third kappa shape index (κ3) is 3.33. The summed E-state index contributed by atoms with van der Waals surface area (Å²) in [6.07, 6.45) is 1.15. The summed E-state index contributed by atoms with van der Waals surface area (Å²) in [6.45, 7) is 0.107. The van der Waals surface area contributed by atoms with Crippen LogP contribution in [0.1, 0.15) is 5.56 Å². The highest BCUT2D eigenvalue weighted by Crippen LogP contribution is 2.37. The van der Waals surface area contributed by atoms with Crippen LogP contribution in [-0.4, -0.2) is 38.9 Å². The predicted octanol–water partition coefficient (Wildman–Crippen LogP) is 2.21. The van der Waals surface area contributed by atoms with Gasteiger partial charge in [0.25, 0.3) is 6.43 Å². The first kappa shape index (κ1) is 17.7. The Morgan fingerprint density at radius 2 is 2.00 bits per heavy atom. The molecule has 4 rings (SSSR count). The molecule has 142 valence electrons. The molecule has 0 spiro atoms. The zero-order valence-electron chi connectivity index (χ0n) is 14.1. The second-order valence-corrected chi connectivity index (χ2v) is 8.03. The molecule has 0 bridgehead atoms. The number of pyridine rings is 1. The number of aromatic nitrogens is 1. The van der Waals surface area contributed by atoms with Gasteiger partial charge in [-0.3, -0.25) is 5.01 Å². The topological polar surface area (TPSA) is 80.8 Å². The van der Waals surface area contributed by atoms with E-state index in [0.29, 0.717) is 28.4 Å². The number of hydrogen-bond acceptors (Lipinski definition) is 7. The lowest BCUT2D eigenvalue weighted by Gasteiger charge is -2.24. The number of nitrogens with one attached hydrogen (secondary N) is 1. The summed E-state index contributed by atoms with van der Waals surface area (Å²) in [5.41, 5.74) is 4.26. The maximum atomic E-state index is 13.3. The molecule has 0 amide bonds. The van der Waals surface area contributed by atoms with Crippen LogP contribution in [0.15, 0.2) is 47.6 Å². The van der Waals surface area contributed by atoms with E-state index in [4.69, 9.17) is 9.47 Å². The standard InChI is InChI=1S/C17H15F2N3O4S/c1-27(23,24)16-5-3-11(8-20-16)22-13(7-12(21-22)17(18)19)10-2-4-14-15(6-10)26-9-25-14/h2-8,12,17,21H,9H2,1H3. The maximum absolute atomic E-state index is 13.3. The van der Waals surface area contributed by atoms with E-state index in [1.54, 1.807) is 18.2 Å². The zero-order valence-corrected chi connectivity index (χ0v) is 14.9. The molecule has 1 unspecified atom stereocenters. The first-order valence-electron chi connectivity index (χ1n) is 7.95. The van der Waals surface area contributed by atoms with Crippen molar-refractivity contribution in [2.45, 2.75) is 17.5 Å². The molecule has 0 fully saturated rings. The van der Waals surface area contributed by atoms with E-state index in [2.05, 4.69) is 10.4 Å². The zero-order chi connectivity index (χ0) is 19.2. The van der Waals surface area contributed by atoms with Gasteiger partial charge in [-0.05, 0) is 36.4 Å². The lowest BCUT2D eigenvalue weighted by atomic mass is 10.1. The normalized spacial score (nSPS) is 18.9. The number of sulfone groups is 1. The second kappa shape index (κ2) is 6.46. The first-order valence-corrected chi connectivity index (χ1v) is 9.84. The summed E-state index contributed by atoms with van der Waals surface area (Å²) >= 11 is 0. The van der Waals surface area contributed by atoms with E-state index < -0.39 is 22.3 Å². The van der Waals surface area contributed by atoms with Crippen molar-refractivity contribution in [1.82, 2.24) is 10.4 Å². The molecule has 7 nitrogen and oxygen atoms in total. The molecule has 3 heterocycles. The molecule has 0 saturated carbocycles. The number of halogens is 2. The molecule has 1 atom stereocenters. The van der Waals surface area contributed by atoms with E-state index in [9.17, 15) is 17.2 Å². The number of ether oxygens (including phenoxy) is 2. The molecule has 1 N–H and O–H groups in total. The summed E-state index contributed by atoms with van der Waals surface area (Å²) in [5, 5.41) is 1.36. The van der Waals surface area contributed by atoms with Gasteiger partial charge in [0.2, 0.25) is 6.79 Å². The Morgan fingerprint density at radius 3 is 2.67 bits per heavy atom. The van der Waals surface area contributed by atoms with Crippen molar-refractivity contribution in [3.63, 3.8) is 0 Å². The molecule has 0 saturated heterocycles. The van der Waals surface area contributed by atoms with E-state index >= 15 is 0 Å². The molecule has 1 aromatic heterocycles. The van der Waals surface area contributed by atoms with E-state index in [-0.39, 0.29) is 11.8 Å². The highest BCUT2D eigenvalue weighted by molar-refractivity contribution is 7.90. The average Bonchev–Trinajstić information content (AvgIpc) is 3.27. The van der Waals surface area contributed by atoms with Crippen molar-refractivity contribution in [3.05, 3.63) is 48.2 Å².